The van der Waals surface area contributed by atoms with Crippen molar-refractivity contribution in [1.29, 1.82) is 0 Å². The fraction of sp³-hybridized carbons (Fsp3) is 0.462. The van der Waals surface area contributed by atoms with Crippen LogP contribution in [-0.4, -0.2) is 32.7 Å². The lowest BCUT2D eigenvalue weighted by molar-refractivity contribution is -0.121. The summed E-state index contributed by atoms with van der Waals surface area (Å²) in [5, 5.41) is 5.88. The molecule has 1 aliphatic carbocycles. The number of anilines is 2. The summed E-state index contributed by atoms with van der Waals surface area (Å²) in [6.07, 6.45) is 3.19. The number of carbonyl (C=O) groups excluding carboxylic acids is 1. The first kappa shape index (κ1) is 14.6. The monoisotopic (exact) mass is 297 g/mol. The van der Waals surface area contributed by atoms with Crippen LogP contribution in [0.25, 0.3) is 0 Å². The predicted octanol–water partition coefficient (Wildman–Crippen LogP) is 0.751. The Hall–Kier alpha value is -1.76. The molecular formula is C13H19N3O3S. The van der Waals surface area contributed by atoms with Crippen LogP contribution in [0.2, 0.25) is 0 Å². The summed E-state index contributed by atoms with van der Waals surface area (Å²) < 4.78 is 22.8. The summed E-state index contributed by atoms with van der Waals surface area (Å²) in [5.41, 5.74) is 6.68. The highest BCUT2D eigenvalue weighted by molar-refractivity contribution is 7.90. The summed E-state index contributed by atoms with van der Waals surface area (Å²) in [6.45, 7) is 1.74. The topological polar surface area (TPSA) is 101 Å². The Kier molecular flexibility index (Phi) is 3.89. The molecule has 6 nitrogen and oxygen atoms in total. The molecule has 1 aromatic rings. The molecule has 0 heterocycles. The van der Waals surface area contributed by atoms with Crippen molar-refractivity contribution in [1.82, 2.24) is 5.32 Å². The van der Waals surface area contributed by atoms with Gasteiger partial charge in [-0.1, -0.05) is 0 Å². The van der Waals surface area contributed by atoms with Gasteiger partial charge in [-0.3, -0.25) is 4.79 Å². The second kappa shape index (κ2) is 5.32. The molecular weight excluding hydrogens is 278 g/mol. The largest absolute Gasteiger partial charge is 0.397 e. The van der Waals surface area contributed by atoms with Crippen LogP contribution in [0.4, 0.5) is 11.4 Å². The van der Waals surface area contributed by atoms with Crippen molar-refractivity contribution in [3.63, 3.8) is 0 Å². The zero-order valence-corrected chi connectivity index (χ0v) is 12.3. The lowest BCUT2D eigenvalue weighted by atomic mass is 10.2. The minimum Gasteiger partial charge on any atom is -0.397 e. The van der Waals surface area contributed by atoms with Gasteiger partial charge in [0, 0.05) is 12.3 Å². The molecule has 1 atom stereocenters. The maximum absolute atomic E-state index is 11.8. The summed E-state index contributed by atoms with van der Waals surface area (Å²) in [7, 11) is -3.28. The first-order valence-corrected chi connectivity index (χ1v) is 8.33. The van der Waals surface area contributed by atoms with Gasteiger partial charge >= 0.3 is 0 Å². The lowest BCUT2D eigenvalue weighted by Gasteiger charge is -2.17. The van der Waals surface area contributed by atoms with Crippen molar-refractivity contribution >= 4 is 27.1 Å². The van der Waals surface area contributed by atoms with Gasteiger partial charge in [0.15, 0.2) is 9.84 Å². The van der Waals surface area contributed by atoms with Gasteiger partial charge in [0.1, 0.15) is 6.04 Å². The van der Waals surface area contributed by atoms with E-state index in [4.69, 9.17) is 5.73 Å². The summed E-state index contributed by atoms with van der Waals surface area (Å²) in [6, 6.07) is 4.31. The van der Waals surface area contributed by atoms with Crippen LogP contribution in [0, 0.1) is 0 Å². The van der Waals surface area contributed by atoms with E-state index >= 15 is 0 Å². The number of nitrogens with one attached hydrogen (secondary N) is 2. The van der Waals surface area contributed by atoms with Gasteiger partial charge in [0.25, 0.3) is 0 Å². The molecule has 2 rings (SSSR count). The third kappa shape index (κ3) is 3.63. The van der Waals surface area contributed by atoms with Crippen LogP contribution in [0.5, 0.6) is 0 Å². The number of amides is 1. The summed E-state index contributed by atoms with van der Waals surface area (Å²) in [5.74, 6) is -0.0842. The molecule has 0 radical (unpaired) electrons. The molecule has 1 saturated carbocycles. The molecule has 1 fully saturated rings. The van der Waals surface area contributed by atoms with Crippen LogP contribution >= 0.6 is 0 Å². The number of hydrogen-bond acceptors (Lipinski definition) is 5. The first-order chi connectivity index (χ1) is 9.27. The average Bonchev–Trinajstić information content (AvgIpc) is 3.14. The summed E-state index contributed by atoms with van der Waals surface area (Å²) >= 11 is 0. The van der Waals surface area contributed by atoms with Crippen molar-refractivity contribution in [3.8, 4) is 0 Å². The van der Waals surface area contributed by atoms with E-state index in [2.05, 4.69) is 10.6 Å². The fourth-order valence-corrected chi connectivity index (χ4v) is 2.41. The van der Waals surface area contributed by atoms with E-state index in [1.54, 1.807) is 13.0 Å². The van der Waals surface area contributed by atoms with Crippen LogP contribution in [0.1, 0.15) is 19.8 Å². The van der Waals surface area contributed by atoms with Crippen LogP contribution < -0.4 is 16.4 Å². The van der Waals surface area contributed by atoms with Crippen LogP contribution in [-0.2, 0) is 14.6 Å². The molecule has 0 spiro atoms. The zero-order chi connectivity index (χ0) is 14.9. The molecule has 110 valence electrons. The highest BCUT2D eigenvalue weighted by Crippen LogP contribution is 2.24. The highest BCUT2D eigenvalue weighted by Gasteiger charge is 2.25. The zero-order valence-electron chi connectivity index (χ0n) is 11.5. The van der Waals surface area contributed by atoms with Crippen molar-refractivity contribution in [2.45, 2.75) is 36.7 Å². The number of nitrogen functional groups attached to an aromatic ring is 1. The Morgan fingerprint density at radius 1 is 1.40 bits per heavy atom. The SMILES string of the molecule is CC(Nc1ccc(S(C)(=O)=O)cc1N)C(=O)NC1CC1. The molecule has 1 unspecified atom stereocenters. The Balaban J connectivity index is 2.07. The minimum atomic E-state index is -3.28. The van der Waals surface area contributed by atoms with Gasteiger partial charge in [0.2, 0.25) is 5.91 Å². The first-order valence-electron chi connectivity index (χ1n) is 6.44. The summed E-state index contributed by atoms with van der Waals surface area (Å²) in [4.78, 5) is 12.0. The van der Waals surface area contributed by atoms with E-state index < -0.39 is 15.9 Å². The lowest BCUT2D eigenvalue weighted by Crippen LogP contribution is -2.38. The molecule has 1 aliphatic rings. The maximum Gasteiger partial charge on any atom is 0.242 e. The molecule has 7 heteroatoms. The van der Waals surface area contributed by atoms with Crippen molar-refractivity contribution < 1.29 is 13.2 Å². The van der Waals surface area contributed by atoms with Crippen LogP contribution in [0.3, 0.4) is 0 Å². The Morgan fingerprint density at radius 3 is 2.55 bits per heavy atom. The number of hydrogen-bond donors (Lipinski definition) is 3. The van der Waals surface area contributed by atoms with E-state index in [1.165, 1.54) is 12.1 Å². The van der Waals surface area contributed by atoms with Crippen LogP contribution in [0.15, 0.2) is 23.1 Å². The minimum absolute atomic E-state index is 0.0842. The third-order valence-electron chi connectivity index (χ3n) is 3.14. The smallest absolute Gasteiger partial charge is 0.242 e. The standard InChI is InChI=1S/C13H19N3O3S/c1-8(13(17)16-9-3-4-9)15-12-6-5-10(7-11(12)14)20(2,18)19/h5-9,15H,3-4,14H2,1-2H3,(H,16,17). The molecule has 1 amide bonds. The van der Waals surface area contributed by atoms with Gasteiger partial charge in [-0.05, 0) is 38.0 Å². The number of nitrogens with two attached hydrogens (primary N) is 1. The van der Waals surface area contributed by atoms with E-state index in [1.807, 2.05) is 0 Å². The maximum atomic E-state index is 11.8. The number of carbonyl (C=O) groups is 1. The Bertz CT molecular complexity index is 624. The van der Waals surface area contributed by atoms with E-state index in [0.29, 0.717) is 17.4 Å². The fourth-order valence-electron chi connectivity index (χ4n) is 1.76. The number of sulfone groups is 1. The van der Waals surface area contributed by atoms with Gasteiger partial charge in [-0.2, -0.15) is 0 Å². The van der Waals surface area contributed by atoms with Gasteiger partial charge < -0.3 is 16.4 Å². The van der Waals surface area contributed by atoms with Crippen molar-refractivity contribution in [2.75, 3.05) is 17.3 Å². The molecule has 0 bridgehead atoms. The Labute approximate surface area is 118 Å². The van der Waals surface area contributed by atoms with E-state index in [9.17, 15) is 13.2 Å². The molecule has 0 saturated heterocycles. The average molecular weight is 297 g/mol. The number of rotatable bonds is 5. The second-order valence-electron chi connectivity index (χ2n) is 5.17. The third-order valence-corrected chi connectivity index (χ3v) is 4.25. The quantitative estimate of drug-likeness (QED) is 0.696. The van der Waals surface area contributed by atoms with Gasteiger partial charge in [-0.25, -0.2) is 8.42 Å². The van der Waals surface area contributed by atoms with E-state index in [0.717, 1.165) is 19.1 Å². The predicted molar refractivity (Wildman–Crippen MR) is 78.2 cm³/mol. The molecule has 20 heavy (non-hydrogen) atoms. The Morgan fingerprint density at radius 2 is 2.05 bits per heavy atom. The van der Waals surface area contributed by atoms with Gasteiger partial charge in [-0.15, -0.1) is 0 Å². The molecule has 0 aliphatic heterocycles. The normalized spacial score (nSPS) is 16.5. The molecule has 4 N–H and O–H groups in total. The highest BCUT2D eigenvalue weighted by atomic mass is 32.2. The second-order valence-corrected chi connectivity index (χ2v) is 7.19. The molecule has 0 aromatic heterocycles. The van der Waals surface area contributed by atoms with Crippen molar-refractivity contribution in [3.05, 3.63) is 18.2 Å². The molecule has 1 aromatic carbocycles. The number of benzene rings is 1. The van der Waals surface area contributed by atoms with Gasteiger partial charge in [0.05, 0.1) is 16.3 Å². The van der Waals surface area contributed by atoms with Crippen molar-refractivity contribution in [2.24, 2.45) is 0 Å². The van der Waals surface area contributed by atoms with E-state index in [-0.39, 0.29) is 10.8 Å².